The van der Waals surface area contributed by atoms with Crippen molar-refractivity contribution in [2.45, 2.75) is 0 Å². The number of nitrogens with zero attached hydrogens (tertiary/aromatic N) is 5. The van der Waals surface area contributed by atoms with E-state index in [1.807, 2.05) is 24.3 Å². The molecular weight excluding hydrogens is 703 g/mol. The van der Waals surface area contributed by atoms with Crippen molar-refractivity contribution in [1.29, 1.82) is 0 Å². The van der Waals surface area contributed by atoms with E-state index in [2.05, 4.69) is 168 Å². The van der Waals surface area contributed by atoms with Crippen molar-refractivity contribution in [2.75, 3.05) is 0 Å². The Hall–Kier alpha value is -7.28. The summed E-state index contributed by atoms with van der Waals surface area (Å²) in [5, 5.41) is 10.1. The Morgan fingerprint density at radius 2 is 0.964 bits per heavy atom. The molecule has 0 bridgehead atoms. The molecule has 0 aliphatic carbocycles. The Morgan fingerprint density at radius 3 is 1.70 bits per heavy atom. The standard InChI is InChI=1S/C50H31N5S/c1-4-15-32(16-5-1)42-31-37-21-10-11-22-38(37)46-44(45(54-55(42)46)34-17-6-2-7-18-34)33-27-29-36(30-28-33)49-51-48(35-19-8-3-9-20-35)52-50(53-49)41-25-14-24-40-39-23-12-13-26-43(39)56-47(40)41/h1-31H. The highest BCUT2D eigenvalue weighted by atomic mass is 32.1. The Kier molecular flexibility index (Phi) is 7.60. The predicted octanol–water partition coefficient (Wildman–Crippen LogP) is 13.0. The number of hydrogen-bond acceptors (Lipinski definition) is 5. The van der Waals surface area contributed by atoms with Gasteiger partial charge in [0, 0.05) is 58.9 Å². The van der Waals surface area contributed by atoms with Gasteiger partial charge in [-0.05, 0) is 29.1 Å². The van der Waals surface area contributed by atoms with Gasteiger partial charge in [0.15, 0.2) is 17.5 Å². The molecule has 0 N–H and O–H groups in total. The summed E-state index contributed by atoms with van der Waals surface area (Å²) in [6, 6.07) is 65.6. The van der Waals surface area contributed by atoms with Crippen LogP contribution >= 0.6 is 11.3 Å². The van der Waals surface area contributed by atoms with E-state index in [9.17, 15) is 0 Å². The summed E-state index contributed by atoms with van der Waals surface area (Å²) in [5.74, 6) is 1.92. The molecule has 56 heavy (non-hydrogen) atoms. The Labute approximate surface area is 326 Å². The lowest BCUT2D eigenvalue weighted by atomic mass is 9.96. The van der Waals surface area contributed by atoms with Crippen molar-refractivity contribution in [3.8, 4) is 67.8 Å². The highest BCUT2D eigenvalue weighted by molar-refractivity contribution is 7.26. The third-order valence-electron chi connectivity index (χ3n) is 10.5. The van der Waals surface area contributed by atoms with E-state index < -0.39 is 0 Å². The van der Waals surface area contributed by atoms with Crippen LogP contribution in [0.3, 0.4) is 0 Å². The number of fused-ring (bicyclic) bond motifs is 6. The molecule has 0 saturated heterocycles. The van der Waals surface area contributed by atoms with Crippen LogP contribution in [0.1, 0.15) is 0 Å². The van der Waals surface area contributed by atoms with Gasteiger partial charge in [0.25, 0.3) is 0 Å². The quantitative estimate of drug-likeness (QED) is 0.171. The maximum Gasteiger partial charge on any atom is 0.165 e. The van der Waals surface area contributed by atoms with Crippen molar-refractivity contribution in [3.05, 3.63) is 188 Å². The van der Waals surface area contributed by atoms with Crippen LogP contribution in [0, 0.1) is 0 Å². The van der Waals surface area contributed by atoms with E-state index in [1.54, 1.807) is 11.3 Å². The van der Waals surface area contributed by atoms with E-state index in [4.69, 9.17) is 20.1 Å². The number of hydrogen-bond donors (Lipinski definition) is 0. The number of aromatic nitrogens is 5. The maximum absolute atomic E-state index is 5.38. The number of pyridine rings is 1. The van der Waals surface area contributed by atoms with E-state index in [-0.39, 0.29) is 0 Å². The van der Waals surface area contributed by atoms with Crippen LogP contribution < -0.4 is 0 Å². The fourth-order valence-corrected chi connectivity index (χ4v) is 9.04. The molecule has 11 aromatic rings. The van der Waals surface area contributed by atoms with E-state index in [1.165, 1.54) is 20.2 Å². The number of thiophene rings is 1. The van der Waals surface area contributed by atoms with Crippen molar-refractivity contribution >= 4 is 47.8 Å². The Morgan fingerprint density at radius 1 is 0.411 bits per heavy atom. The van der Waals surface area contributed by atoms with Crippen molar-refractivity contribution in [3.63, 3.8) is 0 Å². The Bertz CT molecular complexity index is 3230. The van der Waals surface area contributed by atoms with Crippen molar-refractivity contribution < 1.29 is 0 Å². The highest BCUT2D eigenvalue weighted by Crippen LogP contribution is 2.42. The lowest BCUT2D eigenvalue weighted by molar-refractivity contribution is 0.979. The van der Waals surface area contributed by atoms with Gasteiger partial charge in [-0.1, -0.05) is 170 Å². The molecule has 0 amide bonds. The molecule has 4 heterocycles. The van der Waals surface area contributed by atoms with Crippen LogP contribution in [0.2, 0.25) is 0 Å². The molecule has 262 valence electrons. The minimum absolute atomic E-state index is 0.624. The van der Waals surface area contributed by atoms with Gasteiger partial charge in [0.1, 0.15) is 5.69 Å². The first-order valence-corrected chi connectivity index (χ1v) is 19.5. The average Bonchev–Trinajstić information content (AvgIpc) is 3.87. The van der Waals surface area contributed by atoms with Gasteiger partial charge in [-0.25, -0.2) is 19.5 Å². The zero-order chi connectivity index (χ0) is 37.0. The first-order valence-electron chi connectivity index (χ1n) is 18.7. The maximum atomic E-state index is 5.38. The van der Waals surface area contributed by atoms with Crippen LogP contribution in [0.25, 0.3) is 104 Å². The van der Waals surface area contributed by atoms with Crippen molar-refractivity contribution in [1.82, 2.24) is 24.6 Å². The highest BCUT2D eigenvalue weighted by Gasteiger charge is 2.22. The second kappa shape index (κ2) is 13.2. The molecule has 0 atom stereocenters. The van der Waals surface area contributed by atoms with Crippen molar-refractivity contribution in [2.24, 2.45) is 0 Å². The minimum Gasteiger partial charge on any atom is -0.231 e. The van der Waals surface area contributed by atoms with E-state index in [0.717, 1.165) is 66.6 Å². The third kappa shape index (κ3) is 5.38. The molecular formula is C50H31N5S. The molecule has 4 aromatic heterocycles. The summed E-state index contributed by atoms with van der Waals surface area (Å²) < 4.78 is 4.54. The van der Waals surface area contributed by atoms with Gasteiger partial charge in [-0.2, -0.15) is 5.10 Å². The molecule has 0 radical (unpaired) electrons. The predicted molar refractivity (Wildman–Crippen MR) is 232 cm³/mol. The SMILES string of the molecule is c1ccc(-c2nc(-c3ccc(-c4c(-c5ccccc5)nn5c(-c6ccccc6)cc6ccccc6c45)cc3)nc(-c3cccc4c3sc3ccccc34)n2)cc1. The topological polar surface area (TPSA) is 56.0 Å². The van der Waals surface area contributed by atoms with Gasteiger partial charge in [0.2, 0.25) is 0 Å². The van der Waals surface area contributed by atoms with E-state index >= 15 is 0 Å². The number of benzene rings is 7. The lowest BCUT2D eigenvalue weighted by Gasteiger charge is -2.11. The number of rotatable bonds is 6. The molecule has 0 spiro atoms. The van der Waals surface area contributed by atoms with Crippen LogP contribution in [-0.4, -0.2) is 24.6 Å². The first kappa shape index (κ1) is 32.2. The van der Waals surface area contributed by atoms with E-state index in [0.29, 0.717) is 17.5 Å². The fourth-order valence-electron chi connectivity index (χ4n) is 7.83. The molecule has 6 heteroatoms. The van der Waals surface area contributed by atoms with Gasteiger partial charge in [-0.3, -0.25) is 0 Å². The zero-order valence-corrected chi connectivity index (χ0v) is 30.9. The van der Waals surface area contributed by atoms with Crippen LogP contribution in [0.5, 0.6) is 0 Å². The second-order valence-electron chi connectivity index (χ2n) is 13.9. The molecule has 7 aromatic carbocycles. The molecule has 5 nitrogen and oxygen atoms in total. The average molecular weight is 734 g/mol. The Balaban J connectivity index is 1.11. The zero-order valence-electron chi connectivity index (χ0n) is 30.0. The van der Waals surface area contributed by atoms with Gasteiger partial charge in [0.05, 0.1) is 11.2 Å². The summed E-state index contributed by atoms with van der Waals surface area (Å²) in [4.78, 5) is 15.4. The largest absolute Gasteiger partial charge is 0.231 e. The summed E-state index contributed by atoms with van der Waals surface area (Å²) >= 11 is 1.78. The summed E-state index contributed by atoms with van der Waals surface area (Å²) in [6.07, 6.45) is 0. The fraction of sp³-hybridized carbons (Fsp3) is 0. The summed E-state index contributed by atoms with van der Waals surface area (Å²) in [6.45, 7) is 0. The molecule has 0 unspecified atom stereocenters. The summed E-state index contributed by atoms with van der Waals surface area (Å²) in [7, 11) is 0. The minimum atomic E-state index is 0.624. The molecule has 0 aliphatic rings. The second-order valence-corrected chi connectivity index (χ2v) is 14.9. The third-order valence-corrected chi connectivity index (χ3v) is 11.7. The van der Waals surface area contributed by atoms with Crippen LogP contribution in [0.15, 0.2) is 188 Å². The van der Waals surface area contributed by atoms with Crippen LogP contribution in [-0.2, 0) is 0 Å². The summed E-state index contributed by atoms with van der Waals surface area (Å²) in [5.41, 5.74) is 10.2. The monoisotopic (exact) mass is 733 g/mol. The molecule has 0 saturated carbocycles. The molecule has 11 rings (SSSR count). The normalized spacial score (nSPS) is 11.6. The smallest absolute Gasteiger partial charge is 0.165 e. The molecule has 0 aliphatic heterocycles. The first-order chi connectivity index (χ1) is 27.8. The van der Waals surface area contributed by atoms with Gasteiger partial charge < -0.3 is 0 Å². The van der Waals surface area contributed by atoms with Crippen LogP contribution in [0.4, 0.5) is 0 Å². The van der Waals surface area contributed by atoms with Gasteiger partial charge in [-0.15, -0.1) is 11.3 Å². The lowest BCUT2D eigenvalue weighted by Crippen LogP contribution is -2.00. The molecule has 0 fully saturated rings. The van der Waals surface area contributed by atoms with Gasteiger partial charge >= 0.3 is 0 Å².